The zero-order valence-corrected chi connectivity index (χ0v) is 16.9. The van der Waals surface area contributed by atoms with E-state index in [2.05, 4.69) is 63.5 Å². The Morgan fingerprint density at radius 2 is 1.71 bits per heavy atom. The number of aromatic nitrogens is 2. The zero-order chi connectivity index (χ0) is 19.6. The van der Waals surface area contributed by atoms with Crippen molar-refractivity contribution in [1.29, 1.82) is 0 Å². The lowest BCUT2D eigenvalue weighted by Gasteiger charge is -2.11. The molecule has 0 bridgehead atoms. The Morgan fingerprint density at radius 1 is 1.00 bits per heavy atom. The van der Waals surface area contributed by atoms with Gasteiger partial charge in [0, 0.05) is 37.1 Å². The summed E-state index contributed by atoms with van der Waals surface area (Å²) in [5.41, 5.74) is 3.68. The Bertz CT molecular complexity index is 855. The summed E-state index contributed by atoms with van der Waals surface area (Å²) in [6.07, 6.45) is 6.52. The first-order valence-corrected chi connectivity index (χ1v) is 9.91. The summed E-state index contributed by atoms with van der Waals surface area (Å²) < 4.78 is 2.06. The van der Waals surface area contributed by atoms with Gasteiger partial charge in [0.05, 0.1) is 12.9 Å². The molecule has 0 aliphatic carbocycles. The standard InChI is InChI=1S/C22H26ClN5/c1-2-25-22(26-12-11-18-7-9-21(23)10-8-18)27-15-19-3-5-20(6-4-19)16-28-14-13-24-17-28/h3-10,13-14,17H,2,11-12,15-16H2,1H3,(H2,25,26,27). The molecule has 2 aromatic carbocycles. The van der Waals surface area contributed by atoms with E-state index < -0.39 is 0 Å². The molecule has 0 unspecified atom stereocenters. The molecule has 0 radical (unpaired) electrons. The average Bonchev–Trinajstić information content (AvgIpc) is 3.22. The fraction of sp³-hybridized carbons (Fsp3) is 0.273. The van der Waals surface area contributed by atoms with Crippen LogP contribution in [0.2, 0.25) is 5.02 Å². The quantitative estimate of drug-likeness (QED) is 0.449. The van der Waals surface area contributed by atoms with Gasteiger partial charge in [-0.2, -0.15) is 0 Å². The first-order valence-electron chi connectivity index (χ1n) is 9.53. The van der Waals surface area contributed by atoms with Gasteiger partial charge in [0.25, 0.3) is 0 Å². The lowest BCUT2D eigenvalue weighted by molar-refractivity contribution is 0.794. The number of hydrogen-bond donors (Lipinski definition) is 2. The second-order valence-corrected chi connectivity index (χ2v) is 6.99. The second-order valence-electron chi connectivity index (χ2n) is 6.55. The van der Waals surface area contributed by atoms with Crippen LogP contribution in [0.3, 0.4) is 0 Å². The van der Waals surface area contributed by atoms with Crippen molar-refractivity contribution in [2.24, 2.45) is 4.99 Å². The fourth-order valence-electron chi connectivity index (χ4n) is 2.83. The molecule has 0 aliphatic heterocycles. The molecule has 5 nitrogen and oxygen atoms in total. The van der Waals surface area contributed by atoms with Crippen LogP contribution in [0.5, 0.6) is 0 Å². The Balaban J connectivity index is 1.50. The molecule has 0 fully saturated rings. The summed E-state index contributed by atoms with van der Waals surface area (Å²) in [6.45, 7) is 5.19. The molecule has 0 atom stereocenters. The monoisotopic (exact) mass is 395 g/mol. The van der Waals surface area contributed by atoms with E-state index in [0.29, 0.717) is 6.54 Å². The maximum atomic E-state index is 5.93. The van der Waals surface area contributed by atoms with E-state index in [4.69, 9.17) is 16.6 Å². The van der Waals surface area contributed by atoms with Crippen LogP contribution in [0.1, 0.15) is 23.6 Å². The molecule has 2 N–H and O–H groups in total. The van der Waals surface area contributed by atoms with Gasteiger partial charge in [0.1, 0.15) is 0 Å². The minimum Gasteiger partial charge on any atom is -0.357 e. The Hall–Kier alpha value is -2.79. The lowest BCUT2D eigenvalue weighted by atomic mass is 10.1. The van der Waals surface area contributed by atoms with Crippen molar-refractivity contribution in [2.45, 2.75) is 26.4 Å². The van der Waals surface area contributed by atoms with E-state index in [1.54, 1.807) is 6.20 Å². The van der Waals surface area contributed by atoms with Gasteiger partial charge in [-0.25, -0.2) is 9.98 Å². The van der Waals surface area contributed by atoms with Crippen LogP contribution in [0.15, 0.2) is 72.2 Å². The molecule has 28 heavy (non-hydrogen) atoms. The van der Waals surface area contributed by atoms with Crippen LogP contribution in [-0.2, 0) is 19.5 Å². The summed E-state index contributed by atoms with van der Waals surface area (Å²) in [4.78, 5) is 8.77. The predicted octanol–water partition coefficient (Wildman–Crippen LogP) is 3.88. The van der Waals surface area contributed by atoms with Gasteiger partial charge >= 0.3 is 0 Å². The number of hydrogen-bond acceptors (Lipinski definition) is 2. The number of aliphatic imine (C=N–C) groups is 1. The number of imidazole rings is 1. The summed E-state index contributed by atoms with van der Waals surface area (Å²) in [7, 11) is 0. The molecular weight excluding hydrogens is 370 g/mol. The molecule has 0 amide bonds. The van der Waals surface area contributed by atoms with Crippen LogP contribution < -0.4 is 10.6 Å². The molecule has 1 aromatic heterocycles. The molecule has 1 heterocycles. The normalized spacial score (nSPS) is 11.4. The first-order chi connectivity index (χ1) is 13.7. The molecule has 3 rings (SSSR count). The van der Waals surface area contributed by atoms with Crippen LogP contribution in [0.4, 0.5) is 0 Å². The SMILES string of the molecule is CCNC(=NCc1ccc(Cn2ccnc2)cc1)NCCc1ccc(Cl)cc1. The zero-order valence-electron chi connectivity index (χ0n) is 16.1. The molecule has 0 saturated heterocycles. The largest absolute Gasteiger partial charge is 0.357 e. The van der Waals surface area contributed by atoms with Crippen LogP contribution in [0, 0.1) is 0 Å². The highest BCUT2D eigenvalue weighted by Crippen LogP contribution is 2.10. The number of guanidine groups is 1. The highest BCUT2D eigenvalue weighted by Gasteiger charge is 2.00. The lowest BCUT2D eigenvalue weighted by Crippen LogP contribution is -2.38. The molecular formula is C22H26ClN5. The number of halogens is 1. The Morgan fingerprint density at radius 3 is 2.39 bits per heavy atom. The highest BCUT2D eigenvalue weighted by atomic mass is 35.5. The van der Waals surface area contributed by atoms with Crippen LogP contribution in [-0.4, -0.2) is 28.6 Å². The summed E-state index contributed by atoms with van der Waals surface area (Å²) >= 11 is 5.93. The van der Waals surface area contributed by atoms with Gasteiger partial charge < -0.3 is 15.2 Å². The number of benzene rings is 2. The molecule has 0 saturated carbocycles. The van der Waals surface area contributed by atoms with Gasteiger partial charge in [0.2, 0.25) is 0 Å². The minimum absolute atomic E-state index is 0.641. The highest BCUT2D eigenvalue weighted by molar-refractivity contribution is 6.30. The van der Waals surface area contributed by atoms with Crippen molar-refractivity contribution in [3.63, 3.8) is 0 Å². The minimum atomic E-state index is 0.641. The molecule has 146 valence electrons. The van der Waals surface area contributed by atoms with Gasteiger partial charge in [-0.05, 0) is 42.2 Å². The van der Waals surface area contributed by atoms with Gasteiger partial charge in [-0.3, -0.25) is 0 Å². The van der Waals surface area contributed by atoms with E-state index in [9.17, 15) is 0 Å². The Labute approximate surface area is 171 Å². The number of nitrogens with one attached hydrogen (secondary N) is 2. The average molecular weight is 396 g/mol. The maximum absolute atomic E-state index is 5.93. The summed E-state index contributed by atoms with van der Waals surface area (Å²) in [6, 6.07) is 16.5. The van der Waals surface area contributed by atoms with Gasteiger partial charge in [-0.1, -0.05) is 48.0 Å². The van der Waals surface area contributed by atoms with Gasteiger partial charge in [0.15, 0.2) is 5.96 Å². The van der Waals surface area contributed by atoms with E-state index >= 15 is 0 Å². The van der Waals surface area contributed by atoms with E-state index in [0.717, 1.165) is 37.0 Å². The third kappa shape index (κ3) is 6.43. The molecule has 0 aliphatic rings. The number of rotatable bonds is 8. The van der Waals surface area contributed by atoms with Crippen molar-refractivity contribution in [3.8, 4) is 0 Å². The van der Waals surface area contributed by atoms with Gasteiger partial charge in [-0.15, -0.1) is 0 Å². The Kier molecular flexibility index (Phi) is 7.50. The van der Waals surface area contributed by atoms with Crippen LogP contribution >= 0.6 is 11.6 Å². The van der Waals surface area contributed by atoms with E-state index in [1.165, 1.54) is 16.7 Å². The molecule has 0 spiro atoms. The smallest absolute Gasteiger partial charge is 0.191 e. The van der Waals surface area contributed by atoms with Crippen molar-refractivity contribution in [2.75, 3.05) is 13.1 Å². The summed E-state index contributed by atoms with van der Waals surface area (Å²) in [5, 5.41) is 7.45. The van der Waals surface area contributed by atoms with Crippen molar-refractivity contribution in [3.05, 3.63) is 89.0 Å². The first kappa shape index (κ1) is 20.0. The van der Waals surface area contributed by atoms with Crippen LogP contribution in [0.25, 0.3) is 0 Å². The third-order valence-corrected chi connectivity index (χ3v) is 4.58. The van der Waals surface area contributed by atoms with Crippen molar-refractivity contribution >= 4 is 17.6 Å². The predicted molar refractivity (Wildman–Crippen MR) is 116 cm³/mol. The summed E-state index contributed by atoms with van der Waals surface area (Å²) in [5.74, 6) is 0.832. The molecule has 3 aromatic rings. The fourth-order valence-corrected chi connectivity index (χ4v) is 2.96. The molecule has 6 heteroatoms. The topological polar surface area (TPSA) is 54.2 Å². The van der Waals surface area contributed by atoms with Crippen molar-refractivity contribution in [1.82, 2.24) is 20.2 Å². The maximum Gasteiger partial charge on any atom is 0.191 e. The van der Waals surface area contributed by atoms with Crippen molar-refractivity contribution < 1.29 is 0 Å². The second kappa shape index (κ2) is 10.5. The van der Waals surface area contributed by atoms with E-state index in [1.807, 2.05) is 24.7 Å². The number of nitrogens with zero attached hydrogens (tertiary/aromatic N) is 3. The van der Waals surface area contributed by atoms with E-state index in [-0.39, 0.29) is 0 Å². The third-order valence-electron chi connectivity index (χ3n) is 4.33.